The monoisotopic (exact) mass is 246 g/mol. The molecule has 0 aliphatic rings. The van der Waals surface area contributed by atoms with E-state index in [1.54, 1.807) is 0 Å². The van der Waals surface area contributed by atoms with Gasteiger partial charge in [0.15, 0.2) is 5.79 Å². The van der Waals surface area contributed by atoms with Gasteiger partial charge >= 0.3 is 0 Å². The molecule has 104 valence electrons. The van der Waals surface area contributed by atoms with E-state index in [1.165, 1.54) is 0 Å². The van der Waals surface area contributed by atoms with Gasteiger partial charge in [0.05, 0.1) is 0 Å². The van der Waals surface area contributed by atoms with E-state index < -0.39 is 11.9 Å². The molecule has 0 aromatic carbocycles. The minimum atomic E-state index is -1.65. The standard InChI is InChI=1S/C14H30O3/c1-4-7-9-11-13(17-6-3)14(15,16)12-10-8-5-2/h13,15-16H,4-12H2,1-3H3. The fourth-order valence-electron chi connectivity index (χ4n) is 2.03. The van der Waals surface area contributed by atoms with Crippen LogP contribution in [0.2, 0.25) is 0 Å². The van der Waals surface area contributed by atoms with Crippen LogP contribution in [0.3, 0.4) is 0 Å². The number of unbranched alkanes of at least 4 members (excludes halogenated alkanes) is 4. The third-order valence-electron chi connectivity index (χ3n) is 3.10. The summed E-state index contributed by atoms with van der Waals surface area (Å²) in [6.07, 6.45) is 6.95. The average Bonchev–Trinajstić information content (AvgIpc) is 2.28. The van der Waals surface area contributed by atoms with Gasteiger partial charge in [0, 0.05) is 13.0 Å². The molecule has 0 aromatic heterocycles. The molecule has 0 aliphatic carbocycles. The number of ether oxygens (including phenoxy) is 1. The predicted molar refractivity (Wildman–Crippen MR) is 70.9 cm³/mol. The third-order valence-corrected chi connectivity index (χ3v) is 3.10. The fraction of sp³-hybridized carbons (Fsp3) is 1.00. The van der Waals surface area contributed by atoms with Gasteiger partial charge in [-0.2, -0.15) is 0 Å². The molecule has 0 fully saturated rings. The largest absolute Gasteiger partial charge is 0.373 e. The summed E-state index contributed by atoms with van der Waals surface area (Å²) >= 11 is 0. The van der Waals surface area contributed by atoms with E-state index in [1.807, 2.05) is 6.92 Å². The van der Waals surface area contributed by atoms with Crippen LogP contribution in [-0.2, 0) is 4.74 Å². The van der Waals surface area contributed by atoms with Crippen molar-refractivity contribution in [2.75, 3.05) is 6.61 Å². The van der Waals surface area contributed by atoms with Crippen molar-refractivity contribution in [3.8, 4) is 0 Å². The first kappa shape index (κ1) is 16.9. The van der Waals surface area contributed by atoms with Crippen LogP contribution in [0, 0.1) is 0 Å². The quantitative estimate of drug-likeness (QED) is 0.434. The van der Waals surface area contributed by atoms with Crippen LogP contribution >= 0.6 is 0 Å². The van der Waals surface area contributed by atoms with Crippen LogP contribution < -0.4 is 0 Å². The topological polar surface area (TPSA) is 49.7 Å². The molecule has 3 nitrogen and oxygen atoms in total. The molecule has 2 N–H and O–H groups in total. The molecule has 0 aliphatic heterocycles. The Kier molecular flexibility index (Phi) is 9.79. The van der Waals surface area contributed by atoms with E-state index in [2.05, 4.69) is 13.8 Å². The van der Waals surface area contributed by atoms with Crippen molar-refractivity contribution in [2.45, 2.75) is 84.0 Å². The zero-order chi connectivity index (χ0) is 13.1. The van der Waals surface area contributed by atoms with Gasteiger partial charge in [-0.1, -0.05) is 46.0 Å². The highest BCUT2D eigenvalue weighted by molar-refractivity contribution is 4.76. The minimum Gasteiger partial charge on any atom is -0.373 e. The lowest BCUT2D eigenvalue weighted by molar-refractivity contribution is -0.243. The van der Waals surface area contributed by atoms with Crippen LogP contribution in [0.15, 0.2) is 0 Å². The molecule has 0 saturated heterocycles. The Labute approximate surface area is 106 Å². The number of hydrogen-bond acceptors (Lipinski definition) is 3. The number of aliphatic hydroxyl groups is 2. The maximum absolute atomic E-state index is 10.1. The van der Waals surface area contributed by atoms with Crippen LogP contribution in [0.25, 0.3) is 0 Å². The van der Waals surface area contributed by atoms with Crippen molar-refractivity contribution >= 4 is 0 Å². The van der Waals surface area contributed by atoms with E-state index in [4.69, 9.17) is 4.74 Å². The maximum Gasteiger partial charge on any atom is 0.189 e. The summed E-state index contributed by atoms with van der Waals surface area (Å²) in [6, 6.07) is 0. The summed E-state index contributed by atoms with van der Waals surface area (Å²) in [5.41, 5.74) is 0. The molecule has 0 bridgehead atoms. The lowest BCUT2D eigenvalue weighted by Crippen LogP contribution is -2.44. The fourth-order valence-corrected chi connectivity index (χ4v) is 2.03. The lowest BCUT2D eigenvalue weighted by Gasteiger charge is -2.31. The first-order valence-corrected chi connectivity index (χ1v) is 7.14. The average molecular weight is 246 g/mol. The minimum absolute atomic E-state index is 0.414. The first-order valence-electron chi connectivity index (χ1n) is 7.14. The maximum atomic E-state index is 10.1. The highest BCUT2D eigenvalue weighted by Crippen LogP contribution is 2.23. The lowest BCUT2D eigenvalue weighted by atomic mass is 9.97. The summed E-state index contributed by atoms with van der Waals surface area (Å²) in [7, 11) is 0. The zero-order valence-electron chi connectivity index (χ0n) is 11.7. The molecule has 0 saturated carbocycles. The second-order valence-corrected chi connectivity index (χ2v) is 4.78. The van der Waals surface area contributed by atoms with Gasteiger partial charge < -0.3 is 14.9 Å². The van der Waals surface area contributed by atoms with Gasteiger partial charge in [-0.25, -0.2) is 0 Å². The van der Waals surface area contributed by atoms with Crippen molar-refractivity contribution < 1.29 is 14.9 Å². The first-order chi connectivity index (χ1) is 8.08. The molecule has 0 amide bonds. The van der Waals surface area contributed by atoms with Crippen LogP contribution in [0.1, 0.15) is 72.1 Å². The molecular weight excluding hydrogens is 216 g/mol. The molecule has 0 aromatic rings. The van der Waals surface area contributed by atoms with E-state index in [-0.39, 0.29) is 0 Å². The van der Waals surface area contributed by atoms with Gasteiger partial charge in [-0.05, 0) is 19.8 Å². The highest BCUT2D eigenvalue weighted by Gasteiger charge is 2.33. The summed E-state index contributed by atoms with van der Waals surface area (Å²) in [6.45, 7) is 6.68. The molecule has 0 spiro atoms. The smallest absolute Gasteiger partial charge is 0.189 e. The Bertz CT molecular complexity index is 169. The molecule has 0 heterocycles. The summed E-state index contributed by atoms with van der Waals surface area (Å²) < 4.78 is 5.48. The van der Waals surface area contributed by atoms with E-state index in [0.717, 1.165) is 44.9 Å². The van der Waals surface area contributed by atoms with Crippen molar-refractivity contribution in [1.82, 2.24) is 0 Å². The Morgan fingerprint density at radius 3 is 2.06 bits per heavy atom. The summed E-state index contributed by atoms with van der Waals surface area (Å²) in [5.74, 6) is -1.65. The molecule has 3 heteroatoms. The highest BCUT2D eigenvalue weighted by atomic mass is 16.6. The van der Waals surface area contributed by atoms with Crippen molar-refractivity contribution in [3.05, 3.63) is 0 Å². The van der Waals surface area contributed by atoms with E-state index in [0.29, 0.717) is 13.0 Å². The molecule has 1 unspecified atom stereocenters. The molecule has 17 heavy (non-hydrogen) atoms. The third kappa shape index (κ3) is 7.74. The Morgan fingerprint density at radius 2 is 1.53 bits per heavy atom. The van der Waals surface area contributed by atoms with Gasteiger partial charge in [0.2, 0.25) is 0 Å². The molecule has 0 radical (unpaired) electrons. The second kappa shape index (κ2) is 9.86. The summed E-state index contributed by atoms with van der Waals surface area (Å²) in [5, 5.41) is 20.1. The second-order valence-electron chi connectivity index (χ2n) is 4.78. The van der Waals surface area contributed by atoms with Crippen molar-refractivity contribution in [1.29, 1.82) is 0 Å². The van der Waals surface area contributed by atoms with Crippen molar-refractivity contribution in [3.63, 3.8) is 0 Å². The van der Waals surface area contributed by atoms with E-state index >= 15 is 0 Å². The number of rotatable bonds is 11. The molecular formula is C14H30O3. The van der Waals surface area contributed by atoms with Gasteiger partial charge in [0.25, 0.3) is 0 Å². The van der Waals surface area contributed by atoms with E-state index in [9.17, 15) is 10.2 Å². The predicted octanol–water partition coefficient (Wildman–Crippen LogP) is 3.23. The Hall–Kier alpha value is -0.120. The Balaban J connectivity index is 4.12. The molecule has 0 rings (SSSR count). The molecule has 1 atom stereocenters. The summed E-state index contributed by atoms with van der Waals surface area (Å²) in [4.78, 5) is 0. The van der Waals surface area contributed by atoms with Crippen LogP contribution in [-0.4, -0.2) is 28.7 Å². The Morgan fingerprint density at radius 1 is 0.941 bits per heavy atom. The SMILES string of the molecule is CCCCCC(OCC)C(O)(O)CCCCC. The van der Waals surface area contributed by atoms with Gasteiger partial charge in [-0.3, -0.25) is 0 Å². The number of hydrogen-bond donors (Lipinski definition) is 2. The van der Waals surface area contributed by atoms with Crippen molar-refractivity contribution in [2.24, 2.45) is 0 Å². The van der Waals surface area contributed by atoms with Crippen LogP contribution in [0.4, 0.5) is 0 Å². The zero-order valence-corrected chi connectivity index (χ0v) is 11.7. The van der Waals surface area contributed by atoms with Crippen LogP contribution in [0.5, 0.6) is 0 Å². The van der Waals surface area contributed by atoms with Gasteiger partial charge in [-0.15, -0.1) is 0 Å². The normalized spacial score (nSPS) is 13.9. The van der Waals surface area contributed by atoms with Gasteiger partial charge in [0.1, 0.15) is 6.10 Å².